The highest BCUT2D eigenvalue weighted by Crippen LogP contribution is 2.11. The molecule has 1 aromatic heterocycles. The first kappa shape index (κ1) is 16.7. The minimum absolute atomic E-state index is 0.0189. The van der Waals surface area contributed by atoms with Crippen molar-refractivity contribution in [3.8, 4) is 5.69 Å². The van der Waals surface area contributed by atoms with E-state index in [4.69, 9.17) is 9.84 Å². The Balaban J connectivity index is 2.07. The van der Waals surface area contributed by atoms with Crippen LogP contribution in [-0.4, -0.2) is 40.0 Å². The predicted octanol–water partition coefficient (Wildman–Crippen LogP) is 1.61. The molecule has 0 fully saturated rings. The minimum Gasteiger partial charge on any atom is -0.476 e. The molecule has 1 unspecified atom stereocenters. The maximum Gasteiger partial charge on any atom is 0.356 e. The molecule has 0 aliphatic heterocycles. The lowest BCUT2D eigenvalue weighted by Gasteiger charge is -2.13. The number of carbonyl (C=O) groups is 2. The molecule has 0 saturated heterocycles. The summed E-state index contributed by atoms with van der Waals surface area (Å²) < 4.78 is 6.57. The Labute approximate surface area is 133 Å². The monoisotopic (exact) mass is 317 g/mol. The Morgan fingerprint density at radius 1 is 1.39 bits per heavy atom. The molecule has 7 heteroatoms. The predicted molar refractivity (Wildman–Crippen MR) is 83.5 cm³/mol. The van der Waals surface area contributed by atoms with Crippen LogP contribution in [0.4, 0.5) is 0 Å². The topological polar surface area (TPSA) is 93.5 Å². The van der Waals surface area contributed by atoms with Crippen LogP contribution in [0.25, 0.3) is 5.69 Å². The lowest BCUT2D eigenvalue weighted by Crippen LogP contribution is -2.34. The zero-order valence-electron chi connectivity index (χ0n) is 13.0. The standard InChI is InChI=1S/C16H19N3O4/c1-3-14(23-2)15(20)17-10-11-5-4-6-12(9-11)19-8-7-13(18-19)16(21)22/h4-9,14H,3,10H2,1-2H3,(H,17,20)(H,21,22). The third-order valence-electron chi connectivity index (χ3n) is 3.40. The van der Waals surface area contributed by atoms with Gasteiger partial charge in [0.1, 0.15) is 6.10 Å². The van der Waals surface area contributed by atoms with Gasteiger partial charge in [-0.05, 0) is 30.2 Å². The van der Waals surface area contributed by atoms with E-state index in [1.807, 2.05) is 31.2 Å². The van der Waals surface area contributed by atoms with Gasteiger partial charge in [0.25, 0.3) is 0 Å². The van der Waals surface area contributed by atoms with Gasteiger partial charge in [0.2, 0.25) is 5.91 Å². The fourth-order valence-corrected chi connectivity index (χ4v) is 2.15. The zero-order chi connectivity index (χ0) is 16.8. The molecule has 2 N–H and O–H groups in total. The number of carboxylic acids is 1. The normalized spacial score (nSPS) is 11.9. The lowest BCUT2D eigenvalue weighted by molar-refractivity contribution is -0.131. The maximum absolute atomic E-state index is 11.9. The van der Waals surface area contributed by atoms with Gasteiger partial charge in [0.05, 0.1) is 5.69 Å². The van der Waals surface area contributed by atoms with E-state index < -0.39 is 12.1 Å². The van der Waals surface area contributed by atoms with Gasteiger partial charge in [0, 0.05) is 19.9 Å². The van der Waals surface area contributed by atoms with Crippen LogP contribution in [0.5, 0.6) is 0 Å². The van der Waals surface area contributed by atoms with Gasteiger partial charge in [-0.15, -0.1) is 0 Å². The Morgan fingerprint density at radius 2 is 2.17 bits per heavy atom. The molecule has 122 valence electrons. The summed E-state index contributed by atoms with van der Waals surface area (Å²) in [5, 5.41) is 15.7. The van der Waals surface area contributed by atoms with E-state index in [-0.39, 0.29) is 11.6 Å². The van der Waals surface area contributed by atoms with E-state index in [0.717, 1.165) is 11.3 Å². The smallest absolute Gasteiger partial charge is 0.356 e. The van der Waals surface area contributed by atoms with E-state index in [1.165, 1.54) is 17.9 Å². The van der Waals surface area contributed by atoms with Crippen LogP contribution in [0.2, 0.25) is 0 Å². The summed E-state index contributed by atoms with van der Waals surface area (Å²) in [7, 11) is 1.51. The van der Waals surface area contributed by atoms with Crippen LogP contribution in [0, 0.1) is 0 Å². The van der Waals surface area contributed by atoms with Gasteiger partial charge in [-0.1, -0.05) is 19.1 Å². The number of amides is 1. The highest BCUT2D eigenvalue weighted by atomic mass is 16.5. The number of hydrogen-bond donors (Lipinski definition) is 2. The number of aromatic nitrogens is 2. The van der Waals surface area contributed by atoms with Crippen molar-refractivity contribution in [1.29, 1.82) is 0 Å². The Bertz CT molecular complexity index is 692. The van der Waals surface area contributed by atoms with E-state index in [1.54, 1.807) is 6.20 Å². The molecule has 1 amide bonds. The van der Waals surface area contributed by atoms with Gasteiger partial charge in [-0.25, -0.2) is 9.48 Å². The summed E-state index contributed by atoms with van der Waals surface area (Å²) in [4.78, 5) is 22.8. The number of ether oxygens (including phenoxy) is 1. The molecule has 2 aromatic rings. The molecule has 1 heterocycles. The summed E-state index contributed by atoms with van der Waals surface area (Å²) in [6, 6.07) is 8.79. The minimum atomic E-state index is -1.07. The molecule has 2 rings (SSSR count). The fraction of sp³-hybridized carbons (Fsp3) is 0.312. The summed E-state index contributed by atoms with van der Waals surface area (Å²) >= 11 is 0. The second-order valence-corrected chi connectivity index (χ2v) is 4.97. The fourth-order valence-electron chi connectivity index (χ4n) is 2.15. The number of carbonyl (C=O) groups excluding carboxylic acids is 1. The van der Waals surface area contributed by atoms with E-state index in [9.17, 15) is 9.59 Å². The lowest BCUT2D eigenvalue weighted by atomic mass is 10.2. The molecule has 1 atom stereocenters. The quantitative estimate of drug-likeness (QED) is 0.809. The summed E-state index contributed by atoms with van der Waals surface area (Å²) in [5.41, 5.74) is 1.59. The van der Waals surface area contributed by atoms with E-state index >= 15 is 0 Å². The van der Waals surface area contributed by atoms with Crippen molar-refractivity contribution in [2.24, 2.45) is 0 Å². The molecule has 7 nitrogen and oxygen atoms in total. The van der Waals surface area contributed by atoms with Crippen molar-refractivity contribution in [1.82, 2.24) is 15.1 Å². The number of hydrogen-bond acceptors (Lipinski definition) is 4. The average Bonchev–Trinajstić information content (AvgIpc) is 3.05. The van der Waals surface area contributed by atoms with Gasteiger partial charge >= 0.3 is 5.97 Å². The zero-order valence-corrected chi connectivity index (χ0v) is 13.0. The van der Waals surface area contributed by atoms with E-state index in [2.05, 4.69) is 10.4 Å². The van der Waals surface area contributed by atoms with Crippen LogP contribution < -0.4 is 5.32 Å². The van der Waals surface area contributed by atoms with Crippen LogP contribution in [0.3, 0.4) is 0 Å². The molecular formula is C16H19N3O4. The molecule has 0 radical (unpaired) electrons. The molecule has 0 saturated carbocycles. The molecule has 1 aromatic carbocycles. The number of benzene rings is 1. The first-order valence-electron chi connectivity index (χ1n) is 7.24. The van der Waals surface area contributed by atoms with E-state index in [0.29, 0.717) is 13.0 Å². The summed E-state index contributed by atoms with van der Waals surface area (Å²) in [5.74, 6) is -1.23. The molecule has 23 heavy (non-hydrogen) atoms. The number of aromatic carboxylic acids is 1. The molecule has 0 spiro atoms. The third-order valence-corrected chi connectivity index (χ3v) is 3.40. The second-order valence-electron chi connectivity index (χ2n) is 4.97. The molecule has 0 aliphatic rings. The van der Waals surface area contributed by atoms with Crippen LogP contribution in [0.1, 0.15) is 29.4 Å². The van der Waals surface area contributed by atoms with Gasteiger partial charge in [-0.2, -0.15) is 5.10 Å². The number of nitrogens with zero attached hydrogens (tertiary/aromatic N) is 2. The second kappa shape index (κ2) is 7.55. The van der Waals surface area contributed by atoms with Gasteiger partial charge in [0.15, 0.2) is 5.69 Å². The SMILES string of the molecule is CCC(OC)C(=O)NCc1cccc(-n2ccc(C(=O)O)n2)c1. The molecular weight excluding hydrogens is 298 g/mol. The largest absolute Gasteiger partial charge is 0.476 e. The highest BCUT2D eigenvalue weighted by molar-refractivity contribution is 5.85. The van der Waals surface area contributed by atoms with Crippen LogP contribution in [-0.2, 0) is 16.1 Å². The number of carboxylic acid groups (broad SMARTS) is 1. The van der Waals surface area contributed by atoms with Crippen LogP contribution >= 0.6 is 0 Å². The average molecular weight is 317 g/mol. The van der Waals surface area contributed by atoms with Crippen molar-refractivity contribution in [3.05, 3.63) is 47.8 Å². The maximum atomic E-state index is 11.9. The molecule has 0 aliphatic carbocycles. The first-order chi connectivity index (χ1) is 11.0. The van der Waals surface area contributed by atoms with Crippen LogP contribution in [0.15, 0.2) is 36.5 Å². The highest BCUT2D eigenvalue weighted by Gasteiger charge is 2.14. The van der Waals surface area contributed by atoms with Crippen molar-refractivity contribution in [3.63, 3.8) is 0 Å². The molecule has 0 bridgehead atoms. The van der Waals surface area contributed by atoms with Crippen molar-refractivity contribution >= 4 is 11.9 Å². The van der Waals surface area contributed by atoms with Crippen molar-refractivity contribution < 1.29 is 19.4 Å². The van der Waals surface area contributed by atoms with Gasteiger partial charge in [-0.3, -0.25) is 4.79 Å². The number of methoxy groups -OCH3 is 1. The number of rotatable bonds is 7. The summed E-state index contributed by atoms with van der Waals surface area (Å²) in [6.45, 7) is 2.24. The Kier molecular flexibility index (Phi) is 5.48. The first-order valence-corrected chi connectivity index (χ1v) is 7.24. The summed E-state index contributed by atoms with van der Waals surface area (Å²) in [6.07, 6.45) is 1.73. The van der Waals surface area contributed by atoms with Crippen molar-refractivity contribution in [2.45, 2.75) is 26.0 Å². The number of nitrogens with one attached hydrogen (secondary N) is 1. The third kappa shape index (κ3) is 4.17. The Morgan fingerprint density at radius 3 is 2.78 bits per heavy atom. The van der Waals surface area contributed by atoms with Crippen molar-refractivity contribution in [2.75, 3.05) is 7.11 Å². The van der Waals surface area contributed by atoms with Gasteiger partial charge < -0.3 is 15.2 Å². The Hall–Kier alpha value is -2.67.